The Hall–Kier alpha value is -7.20. The molecule has 0 aliphatic carbocycles. The molecule has 0 radical (unpaired) electrons. The molecular formula is C54H34N2S. The minimum Gasteiger partial charge on any atom is -0.309 e. The van der Waals surface area contributed by atoms with Crippen LogP contribution in [0.25, 0.3) is 109 Å². The smallest absolute Gasteiger partial charge is 0.0541 e. The van der Waals surface area contributed by atoms with Crippen molar-refractivity contribution in [3.05, 3.63) is 206 Å². The molecule has 9 aromatic carbocycles. The zero-order valence-corrected chi connectivity index (χ0v) is 31.7. The van der Waals surface area contributed by atoms with Gasteiger partial charge in [0.2, 0.25) is 0 Å². The van der Waals surface area contributed by atoms with Crippen molar-refractivity contribution in [2.75, 3.05) is 0 Å². The zero-order chi connectivity index (χ0) is 37.5. The molecule has 3 heterocycles. The zero-order valence-electron chi connectivity index (χ0n) is 30.9. The molecule has 0 amide bonds. The third-order valence-electron chi connectivity index (χ3n) is 11.7. The minimum atomic E-state index is 1.16. The lowest BCUT2D eigenvalue weighted by atomic mass is 9.98. The molecule has 3 aromatic heterocycles. The molecule has 57 heavy (non-hydrogen) atoms. The van der Waals surface area contributed by atoms with Gasteiger partial charge in [-0.05, 0) is 118 Å². The Morgan fingerprint density at radius 2 is 0.649 bits per heavy atom. The molecule has 0 atom stereocenters. The number of rotatable bonds is 5. The molecule has 12 rings (SSSR count). The number of hydrogen-bond donors (Lipinski definition) is 0. The van der Waals surface area contributed by atoms with Crippen molar-refractivity contribution in [2.45, 2.75) is 0 Å². The minimum absolute atomic E-state index is 1.16. The van der Waals surface area contributed by atoms with E-state index in [9.17, 15) is 0 Å². The summed E-state index contributed by atoms with van der Waals surface area (Å²) in [6.07, 6.45) is 0. The van der Waals surface area contributed by atoms with Crippen LogP contribution >= 0.6 is 11.3 Å². The second-order valence-electron chi connectivity index (χ2n) is 14.9. The molecular weight excluding hydrogens is 709 g/mol. The number of thiophene rings is 1. The Bertz CT molecular complexity index is 3500. The Balaban J connectivity index is 1.08. The average molecular weight is 743 g/mol. The summed E-state index contributed by atoms with van der Waals surface area (Å²) in [4.78, 5) is 0. The lowest BCUT2D eigenvalue weighted by Gasteiger charge is -2.10. The lowest BCUT2D eigenvalue weighted by Crippen LogP contribution is -1.93. The molecule has 0 unspecified atom stereocenters. The van der Waals surface area contributed by atoms with Gasteiger partial charge in [-0.15, -0.1) is 11.3 Å². The van der Waals surface area contributed by atoms with Gasteiger partial charge in [-0.25, -0.2) is 0 Å². The van der Waals surface area contributed by atoms with Crippen LogP contribution in [0, 0.1) is 0 Å². The Labute approximate surface area is 333 Å². The monoisotopic (exact) mass is 742 g/mol. The second kappa shape index (κ2) is 12.7. The fourth-order valence-corrected chi connectivity index (χ4v) is 10.1. The first-order valence-electron chi connectivity index (χ1n) is 19.5. The molecule has 3 heteroatoms. The van der Waals surface area contributed by atoms with Crippen molar-refractivity contribution in [1.29, 1.82) is 0 Å². The van der Waals surface area contributed by atoms with E-state index < -0.39 is 0 Å². The summed E-state index contributed by atoms with van der Waals surface area (Å²) in [6, 6.07) is 75.8. The molecule has 0 N–H and O–H groups in total. The summed E-state index contributed by atoms with van der Waals surface area (Å²) in [5.41, 5.74) is 14.4. The first-order chi connectivity index (χ1) is 28.2. The van der Waals surface area contributed by atoms with Crippen molar-refractivity contribution in [3.8, 4) is 44.8 Å². The van der Waals surface area contributed by atoms with Gasteiger partial charge in [0.15, 0.2) is 0 Å². The van der Waals surface area contributed by atoms with E-state index in [1.165, 1.54) is 103 Å². The average Bonchev–Trinajstić information content (AvgIpc) is 3.93. The van der Waals surface area contributed by atoms with E-state index >= 15 is 0 Å². The van der Waals surface area contributed by atoms with Crippen molar-refractivity contribution in [2.24, 2.45) is 0 Å². The van der Waals surface area contributed by atoms with E-state index in [4.69, 9.17) is 0 Å². The summed E-state index contributed by atoms with van der Waals surface area (Å²) in [7, 11) is 0. The lowest BCUT2D eigenvalue weighted by molar-refractivity contribution is 1.18. The first-order valence-corrected chi connectivity index (χ1v) is 20.3. The topological polar surface area (TPSA) is 9.86 Å². The van der Waals surface area contributed by atoms with Crippen molar-refractivity contribution >= 4 is 75.1 Å². The van der Waals surface area contributed by atoms with Gasteiger partial charge < -0.3 is 9.13 Å². The van der Waals surface area contributed by atoms with E-state index in [2.05, 4.69) is 215 Å². The van der Waals surface area contributed by atoms with Gasteiger partial charge in [0.25, 0.3) is 0 Å². The second-order valence-corrected chi connectivity index (χ2v) is 16.0. The quantitative estimate of drug-likeness (QED) is 0.166. The number of benzene rings is 9. The number of aromatic nitrogens is 2. The maximum atomic E-state index is 2.46. The molecule has 0 spiro atoms. The van der Waals surface area contributed by atoms with Crippen LogP contribution in [0.1, 0.15) is 0 Å². The van der Waals surface area contributed by atoms with Crippen LogP contribution in [0.3, 0.4) is 0 Å². The van der Waals surface area contributed by atoms with Crippen LogP contribution in [-0.2, 0) is 0 Å². The summed E-state index contributed by atoms with van der Waals surface area (Å²) >= 11 is 1.86. The number of hydrogen-bond acceptors (Lipinski definition) is 1. The third-order valence-corrected chi connectivity index (χ3v) is 12.9. The predicted molar refractivity (Wildman–Crippen MR) is 244 cm³/mol. The van der Waals surface area contributed by atoms with Gasteiger partial charge in [0, 0.05) is 53.1 Å². The largest absolute Gasteiger partial charge is 0.309 e. The van der Waals surface area contributed by atoms with Gasteiger partial charge in [0.05, 0.1) is 22.1 Å². The molecule has 0 fully saturated rings. The molecule has 2 nitrogen and oxygen atoms in total. The summed E-state index contributed by atoms with van der Waals surface area (Å²) < 4.78 is 7.49. The SMILES string of the molecule is c1ccc(-c2ccc3c(c2)c2cc(-c4ccc5c(c4)c4cc(-c6ccccc6)ccc4n5-c4ccc5sc6ccccc6c5c4)ccc2n3-c2ccccc2)cc1. The van der Waals surface area contributed by atoms with Gasteiger partial charge >= 0.3 is 0 Å². The fourth-order valence-electron chi connectivity index (χ4n) is 9.01. The van der Waals surface area contributed by atoms with Gasteiger partial charge in [0.1, 0.15) is 0 Å². The van der Waals surface area contributed by atoms with E-state index in [0.717, 1.165) is 5.69 Å². The first kappa shape index (κ1) is 32.1. The Morgan fingerprint density at radius 1 is 0.246 bits per heavy atom. The van der Waals surface area contributed by atoms with E-state index in [1.54, 1.807) is 0 Å². The molecule has 0 saturated heterocycles. The summed E-state index contributed by atoms with van der Waals surface area (Å²) in [6.45, 7) is 0. The van der Waals surface area contributed by atoms with Crippen molar-refractivity contribution in [3.63, 3.8) is 0 Å². The van der Waals surface area contributed by atoms with E-state index in [0.29, 0.717) is 0 Å². The predicted octanol–water partition coefficient (Wildman–Crippen LogP) is 15.2. The number of nitrogens with zero attached hydrogens (tertiary/aromatic N) is 2. The number of fused-ring (bicyclic) bond motifs is 9. The van der Waals surface area contributed by atoms with Gasteiger partial charge in [-0.2, -0.15) is 0 Å². The highest BCUT2D eigenvalue weighted by Crippen LogP contribution is 2.42. The maximum absolute atomic E-state index is 2.46. The Kier molecular flexibility index (Phi) is 7.13. The van der Waals surface area contributed by atoms with Crippen LogP contribution in [0.5, 0.6) is 0 Å². The van der Waals surface area contributed by atoms with Crippen LogP contribution in [0.15, 0.2) is 206 Å². The highest BCUT2D eigenvalue weighted by atomic mass is 32.1. The van der Waals surface area contributed by atoms with Gasteiger partial charge in [-0.3, -0.25) is 0 Å². The molecule has 0 aliphatic rings. The molecule has 266 valence electrons. The van der Waals surface area contributed by atoms with E-state index in [-0.39, 0.29) is 0 Å². The van der Waals surface area contributed by atoms with Crippen LogP contribution < -0.4 is 0 Å². The van der Waals surface area contributed by atoms with Crippen LogP contribution in [0.2, 0.25) is 0 Å². The number of para-hydroxylation sites is 1. The summed E-state index contributed by atoms with van der Waals surface area (Å²) in [5.74, 6) is 0. The molecule has 12 aromatic rings. The Morgan fingerprint density at radius 3 is 1.16 bits per heavy atom. The standard InChI is InChI=1S/C54H34N2S/c1-4-12-35(13-5-1)37-20-25-49-44(30-37)46-32-39(22-27-50(46)55(49)41-16-8-3-9-17-41)40-23-28-52-47(33-40)45-31-38(36-14-6-2-7-15-36)21-26-51(45)56(52)42-24-29-54-48(34-42)43-18-10-11-19-53(43)57-54/h1-34H. The molecule has 0 bridgehead atoms. The maximum Gasteiger partial charge on any atom is 0.0541 e. The normalized spacial score (nSPS) is 11.9. The van der Waals surface area contributed by atoms with Gasteiger partial charge in [-0.1, -0.05) is 121 Å². The van der Waals surface area contributed by atoms with E-state index in [1.807, 2.05) is 11.3 Å². The highest BCUT2D eigenvalue weighted by molar-refractivity contribution is 7.25. The van der Waals surface area contributed by atoms with Crippen LogP contribution in [-0.4, -0.2) is 9.13 Å². The van der Waals surface area contributed by atoms with Crippen LogP contribution in [0.4, 0.5) is 0 Å². The molecule has 0 saturated carbocycles. The van der Waals surface area contributed by atoms with Crippen molar-refractivity contribution in [1.82, 2.24) is 9.13 Å². The highest BCUT2D eigenvalue weighted by Gasteiger charge is 2.18. The summed E-state index contributed by atoms with van der Waals surface area (Å²) in [5, 5.41) is 7.60. The third kappa shape index (κ3) is 5.10. The molecule has 0 aliphatic heterocycles. The fraction of sp³-hybridized carbons (Fsp3) is 0. The van der Waals surface area contributed by atoms with Crippen molar-refractivity contribution < 1.29 is 0 Å².